The zero-order valence-corrected chi connectivity index (χ0v) is 17.2. The minimum absolute atomic E-state index is 0.0868. The van der Waals surface area contributed by atoms with Crippen LogP contribution in [0.3, 0.4) is 0 Å². The van der Waals surface area contributed by atoms with Crippen LogP contribution in [0, 0.1) is 0 Å². The first-order valence-corrected chi connectivity index (χ1v) is 10.3. The summed E-state index contributed by atoms with van der Waals surface area (Å²) in [7, 11) is 3.21. The molecule has 2 aromatic heterocycles. The zero-order valence-electron chi connectivity index (χ0n) is 16.4. The Balaban J connectivity index is 1.66. The largest absolute Gasteiger partial charge is 0.493 e. The van der Waals surface area contributed by atoms with Gasteiger partial charge in [0.05, 0.1) is 32.9 Å². The number of amides is 1. The summed E-state index contributed by atoms with van der Waals surface area (Å²) in [5, 5.41) is 4.00. The average molecular weight is 410 g/mol. The third-order valence-electron chi connectivity index (χ3n) is 4.84. The van der Waals surface area contributed by atoms with Gasteiger partial charge in [0.15, 0.2) is 11.5 Å². The number of carbonyl (C=O) groups is 1. The quantitative estimate of drug-likeness (QED) is 0.640. The molecule has 0 N–H and O–H groups in total. The van der Waals surface area contributed by atoms with Gasteiger partial charge in [0.1, 0.15) is 6.61 Å². The highest BCUT2D eigenvalue weighted by molar-refractivity contribution is 7.08. The topological polar surface area (TPSA) is 60.9 Å². The first kappa shape index (κ1) is 19.3. The van der Waals surface area contributed by atoms with Gasteiger partial charge in [-0.2, -0.15) is 11.3 Å². The van der Waals surface area contributed by atoms with Crippen LogP contribution in [0.15, 0.2) is 47.2 Å². The van der Waals surface area contributed by atoms with Crippen molar-refractivity contribution < 1.29 is 19.0 Å². The van der Waals surface area contributed by atoms with E-state index in [1.165, 1.54) is 0 Å². The van der Waals surface area contributed by atoms with Crippen LogP contribution in [-0.2, 0) is 17.8 Å². The van der Waals surface area contributed by atoms with Crippen molar-refractivity contribution >= 4 is 17.2 Å². The molecule has 3 heterocycles. The Bertz CT molecular complexity index is 1000. The van der Waals surface area contributed by atoms with E-state index in [0.717, 1.165) is 22.4 Å². The number of ether oxygens (including phenoxy) is 3. The Kier molecular flexibility index (Phi) is 5.67. The van der Waals surface area contributed by atoms with Gasteiger partial charge in [-0.25, -0.2) is 4.98 Å². The van der Waals surface area contributed by atoms with Crippen molar-refractivity contribution in [3.8, 4) is 28.6 Å². The van der Waals surface area contributed by atoms with Crippen LogP contribution in [0.2, 0.25) is 0 Å². The first-order valence-electron chi connectivity index (χ1n) is 9.32. The molecule has 0 fully saturated rings. The molecule has 1 aromatic carbocycles. The van der Waals surface area contributed by atoms with Crippen molar-refractivity contribution in [3.05, 3.63) is 58.3 Å². The van der Waals surface area contributed by atoms with Crippen molar-refractivity contribution in [3.63, 3.8) is 0 Å². The molecule has 150 valence electrons. The lowest BCUT2D eigenvalue weighted by Gasteiger charge is -2.20. The van der Waals surface area contributed by atoms with Gasteiger partial charge >= 0.3 is 0 Å². The fourth-order valence-electron chi connectivity index (χ4n) is 3.37. The Morgan fingerprint density at radius 1 is 1.24 bits per heavy atom. The minimum Gasteiger partial charge on any atom is -0.493 e. The molecule has 1 amide bonds. The van der Waals surface area contributed by atoms with E-state index >= 15 is 0 Å². The predicted molar refractivity (Wildman–Crippen MR) is 112 cm³/mol. The van der Waals surface area contributed by atoms with E-state index in [0.29, 0.717) is 43.5 Å². The molecule has 0 radical (unpaired) electrons. The first-order chi connectivity index (χ1) is 14.2. The Hall–Kier alpha value is -3.06. The Morgan fingerprint density at radius 2 is 2.14 bits per heavy atom. The van der Waals surface area contributed by atoms with Gasteiger partial charge < -0.3 is 19.1 Å². The molecule has 3 aromatic rings. The molecular weight excluding hydrogens is 388 g/mol. The predicted octanol–water partition coefficient (Wildman–Crippen LogP) is 3.79. The molecule has 0 atom stereocenters. The highest BCUT2D eigenvalue weighted by Gasteiger charge is 2.24. The molecule has 29 heavy (non-hydrogen) atoms. The lowest BCUT2D eigenvalue weighted by Crippen LogP contribution is -2.33. The summed E-state index contributed by atoms with van der Waals surface area (Å²) in [6.45, 7) is 1.43. The SMILES string of the molecule is COc1cccc(-c2cc3c(c(OC)c2)OCCN(C(=O)Cc2ccsc2)C3)n1. The third-order valence-corrected chi connectivity index (χ3v) is 5.57. The number of methoxy groups -OCH3 is 2. The molecule has 0 aliphatic carbocycles. The van der Waals surface area contributed by atoms with Crippen LogP contribution in [0.4, 0.5) is 0 Å². The highest BCUT2D eigenvalue weighted by atomic mass is 32.1. The van der Waals surface area contributed by atoms with Crippen LogP contribution < -0.4 is 14.2 Å². The summed E-state index contributed by atoms with van der Waals surface area (Å²) in [4.78, 5) is 19.2. The number of nitrogens with zero attached hydrogens (tertiary/aromatic N) is 2. The molecule has 0 spiro atoms. The number of aromatic nitrogens is 1. The number of thiophene rings is 1. The van der Waals surface area contributed by atoms with E-state index in [4.69, 9.17) is 14.2 Å². The van der Waals surface area contributed by atoms with Crippen LogP contribution in [0.25, 0.3) is 11.3 Å². The fraction of sp³-hybridized carbons (Fsp3) is 0.273. The van der Waals surface area contributed by atoms with E-state index in [1.54, 1.807) is 31.6 Å². The molecule has 0 saturated heterocycles. The molecule has 1 aliphatic heterocycles. The number of rotatable bonds is 5. The van der Waals surface area contributed by atoms with Crippen molar-refractivity contribution in [2.75, 3.05) is 27.4 Å². The van der Waals surface area contributed by atoms with Crippen molar-refractivity contribution in [2.24, 2.45) is 0 Å². The monoisotopic (exact) mass is 410 g/mol. The summed E-state index contributed by atoms with van der Waals surface area (Å²) in [5.41, 5.74) is 3.60. The summed E-state index contributed by atoms with van der Waals surface area (Å²) in [6, 6.07) is 11.5. The Labute approximate surface area is 173 Å². The molecule has 0 unspecified atom stereocenters. The minimum atomic E-state index is 0.0868. The molecular formula is C22H22N2O4S. The third kappa shape index (κ3) is 4.19. The maximum absolute atomic E-state index is 12.8. The molecule has 6 nitrogen and oxygen atoms in total. The zero-order chi connectivity index (χ0) is 20.2. The van der Waals surface area contributed by atoms with E-state index in [2.05, 4.69) is 4.98 Å². The van der Waals surface area contributed by atoms with Gasteiger partial charge in [-0.15, -0.1) is 0 Å². The molecule has 1 aliphatic rings. The average Bonchev–Trinajstić information content (AvgIpc) is 3.16. The fourth-order valence-corrected chi connectivity index (χ4v) is 4.03. The maximum Gasteiger partial charge on any atom is 0.227 e. The van der Waals surface area contributed by atoms with Crippen LogP contribution in [-0.4, -0.2) is 43.2 Å². The maximum atomic E-state index is 12.8. The van der Waals surface area contributed by atoms with Crippen molar-refractivity contribution in [1.82, 2.24) is 9.88 Å². The van der Waals surface area contributed by atoms with E-state index in [9.17, 15) is 4.79 Å². The number of pyridine rings is 1. The molecule has 7 heteroatoms. The smallest absolute Gasteiger partial charge is 0.227 e. The van der Waals surface area contributed by atoms with Gasteiger partial charge in [-0.3, -0.25) is 4.79 Å². The van der Waals surface area contributed by atoms with Crippen LogP contribution in [0.1, 0.15) is 11.1 Å². The van der Waals surface area contributed by atoms with Crippen LogP contribution >= 0.6 is 11.3 Å². The van der Waals surface area contributed by atoms with Gasteiger partial charge in [0.25, 0.3) is 0 Å². The lowest BCUT2D eigenvalue weighted by atomic mass is 10.0. The highest BCUT2D eigenvalue weighted by Crippen LogP contribution is 2.38. The molecule has 4 rings (SSSR count). The van der Waals surface area contributed by atoms with E-state index in [1.807, 2.05) is 46.0 Å². The summed E-state index contributed by atoms with van der Waals surface area (Å²) in [5.74, 6) is 1.95. The molecule has 0 saturated carbocycles. The lowest BCUT2D eigenvalue weighted by molar-refractivity contribution is -0.131. The summed E-state index contributed by atoms with van der Waals surface area (Å²) >= 11 is 1.60. The number of hydrogen-bond donors (Lipinski definition) is 0. The van der Waals surface area contributed by atoms with E-state index in [-0.39, 0.29) is 5.91 Å². The summed E-state index contributed by atoms with van der Waals surface area (Å²) < 4.78 is 16.8. The number of benzene rings is 1. The second-order valence-electron chi connectivity index (χ2n) is 6.70. The van der Waals surface area contributed by atoms with Crippen molar-refractivity contribution in [1.29, 1.82) is 0 Å². The normalized spacial score (nSPS) is 13.2. The second kappa shape index (κ2) is 8.53. The molecule has 0 bridgehead atoms. The van der Waals surface area contributed by atoms with Crippen molar-refractivity contribution in [2.45, 2.75) is 13.0 Å². The van der Waals surface area contributed by atoms with Gasteiger partial charge in [-0.05, 0) is 40.6 Å². The number of hydrogen-bond acceptors (Lipinski definition) is 6. The second-order valence-corrected chi connectivity index (χ2v) is 7.48. The van der Waals surface area contributed by atoms with Gasteiger partial charge in [0.2, 0.25) is 11.8 Å². The standard InChI is InChI=1S/C22H22N2O4S/c1-26-19-12-16(18-4-3-5-20(23-18)27-2)11-17-13-24(7-8-28-22(17)19)21(25)10-15-6-9-29-14-15/h3-6,9,11-12,14H,7-8,10,13H2,1-2H3. The van der Waals surface area contributed by atoms with Gasteiger partial charge in [-0.1, -0.05) is 6.07 Å². The number of fused-ring (bicyclic) bond motifs is 1. The van der Waals surface area contributed by atoms with Crippen LogP contribution in [0.5, 0.6) is 17.4 Å². The number of carbonyl (C=O) groups excluding carboxylic acids is 1. The van der Waals surface area contributed by atoms with Gasteiger partial charge in [0, 0.05) is 23.7 Å². The Morgan fingerprint density at radius 3 is 2.90 bits per heavy atom. The van der Waals surface area contributed by atoms with E-state index < -0.39 is 0 Å². The summed E-state index contributed by atoms with van der Waals surface area (Å²) in [6.07, 6.45) is 0.396.